The van der Waals surface area contributed by atoms with Gasteiger partial charge in [0.25, 0.3) is 5.91 Å². The van der Waals surface area contributed by atoms with E-state index in [2.05, 4.69) is 10.5 Å². The molecule has 4 saturated carbocycles. The van der Waals surface area contributed by atoms with Crippen molar-refractivity contribution in [3.05, 3.63) is 54.2 Å². The van der Waals surface area contributed by atoms with Gasteiger partial charge in [-0.05, 0) is 79.5 Å². The quantitative estimate of drug-likeness (QED) is 0.583. The minimum Gasteiger partial charge on any atom is -0.454 e. The highest BCUT2D eigenvalue weighted by molar-refractivity contribution is 5.93. The second kappa shape index (κ2) is 7.11. The predicted octanol–water partition coefficient (Wildman–Crippen LogP) is 5.44. The Labute approximate surface area is 192 Å². The minimum atomic E-state index is -0.107. The number of aromatic nitrogens is 1. The first-order valence-corrected chi connectivity index (χ1v) is 11.9. The van der Waals surface area contributed by atoms with Crippen LogP contribution < -0.4 is 14.8 Å². The molecule has 1 N–H and O–H groups in total. The number of rotatable bonds is 4. The third kappa shape index (κ3) is 3.31. The van der Waals surface area contributed by atoms with Crippen LogP contribution in [0, 0.1) is 17.8 Å². The van der Waals surface area contributed by atoms with Crippen molar-refractivity contribution in [2.24, 2.45) is 17.8 Å². The molecule has 1 amide bonds. The van der Waals surface area contributed by atoms with Gasteiger partial charge in [0.05, 0.1) is 0 Å². The minimum absolute atomic E-state index is 0.0305. The standard InChI is InChI=1S/C27H26N2O4/c30-26(28-27-12-16-7-17(13-27)9-18(8-16)14-27)22-11-24(33-29-22)20-3-1-19(2-4-20)21-5-6-23-25(10-21)32-15-31-23/h1-6,10-11,16-18H,7-9,12-15H2,(H,28,30). The highest BCUT2D eigenvalue weighted by atomic mass is 16.7. The second-order valence-electron chi connectivity index (χ2n) is 10.4. The molecular formula is C27H26N2O4. The summed E-state index contributed by atoms with van der Waals surface area (Å²) in [7, 11) is 0. The molecule has 6 heteroatoms. The lowest BCUT2D eigenvalue weighted by atomic mass is 9.53. The van der Waals surface area contributed by atoms with Gasteiger partial charge in [-0.3, -0.25) is 4.79 Å². The summed E-state index contributed by atoms with van der Waals surface area (Å²) in [5.74, 6) is 4.39. The fourth-order valence-electron chi connectivity index (χ4n) is 6.99. The second-order valence-corrected chi connectivity index (χ2v) is 10.4. The Hall–Kier alpha value is -3.28. The molecule has 0 spiro atoms. The van der Waals surface area contributed by atoms with E-state index < -0.39 is 0 Å². The Morgan fingerprint density at radius 1 is 0.818 bits per heavy atom. The van der Waals surface area contributed by atoms with Crippen LogP contribution in [0.2, 0.25) is 0 Å². The Morgan fingerprint density at radius 2 is 1.45 bits per heavy atom. The molecule has 6 nitrogen and oxygen atoms in total. The molecule has 168 valence electrons. The van der Waals surface area contributed by atoms with Crippen LogP contribution in [0.1, 0.15) is 49.0 Å². The number of benzene rings is 2. The number of fused-ring (bicyclic) bond motifs is 1. The zero-order chi connectivity index (χ0) is 22.0. The molecule has 1 aromatic heterocycles. The molecule has 0 atom stereocenters. The lowest BCUT2D eigenvalue weighted by Gasteiger charge is -2.56. The zero-order valence-electron chi connectivity index (χ0n) is 18.4. The fourth-order valence-corrected chi connectivity index (χ4v) is 6.99. The van der Waals surface area contributed by atoms with E-state index >= 15 is 0 Å². The number of hydrogen-bond acceptors (Lipinski definition) is 5. The lowest BCUT2D eigenvalue weighted by Crippen LogP contribution is -2.59. The van der Waals surface area contributed by atoms with Gasteiger partial charge in [0.1, 0.15) is 0 Å². The summed E-state index contributed by atoms with van der Waals surface area (Å²) >= 11 is 0. The van der Waals surface area contributed by atoms with E-state index in [1.807, 2.05) is 42.5 Å². The van der Waals surface area contributed by atoms with Gasteiger partial charge in [-0.1, -0.05) is 35.5 Å². The molecule has 2 heterocycles. The van der Waals surface area contributed by atoms with Gasteiger partial charge in [0, 0.05) is 17.2 Å². The van der Waals surface area contributed by atoms with Crippen LogP contribution in [0.3, 0.4) is 0 Å². The van der Waals surface area contributed by atoms with Crippen LogP contribution >= 0.6 is 0 Å². The first kappa shape index (κ1) is 19.2. The summed E-state index contributed by atoms with van der Waals surface area (Å²) in [4.78, 5) is 13.1. The number of nitrogens with one attached hydrogen (secondary N) is 1. The Kier molecular flexibility index (Phi) is 4.14. The van der Waals surface area contributed by atoms with E-state index in [4.69, 9.17) is 14.0 Å². The largest absolute Gasteiger partial charge is 0.454 e. The van der Waals surface area contributed by atoms with E-state index in [-0.39, 0.29) is 18.2 Å². The van der Waals surface area contributed by atoms with Crippen LogP contribution in [0.15, 0.2) is 53.1 Å². The normalized spacial score (nSPS) is 28.8. The topological polar surface area (TPSA) is 73.6 Å². The van der Waals surface area contributed by atoms with Crippen molar-refractivity contribution < 1.29 is 18.8 Å². The Bertz CT molecular complexity index is 1190. The van der Waals surface area contributed by atoms with Crippen molar-refractivity contribution >= 4 is 5.91 Å². The molecule has 3 aromatic rings. The Morgan fingerprint density at radius 3 is 2.18 bits per heavy atom. The average molecular weight is 443 g/mol. The fraction of sp³-hybridized carbons (Fsp3) is 0.407. The number of nitrogens with zero attached hydrogens (tertiary/aromatic N) is 1. The van der Waals surface area contributed by atoms with Gasteiger partial charge < -0.3 is 19.3 Å². The molecule has 0 saturated heterocycles. The van der Waals surface area contributed by atoms with Crippen molar-refractivity contribution in [3.63, 3.8) is 0 Å². The third-order valence-electron chi connectivity index (χ3n) is 8.04. The van der Waals surface area contributed by atoms with E-state index in [9.17, 15) is 4.79 Å². The SMILES string of the molecule is O=C(NC12CC3CC(CC(C3)C1)C2)c1cc(-c2ccc(-c3ccc4c(c3)OCO4)cc2)on1. The predicted molar refractivity (Wildman–Crippen MR) is 122 cm³/mol. The summed E-state index contributed by atoms with van der Waals surface area (Å²) in [5, 5.41) is 7.47. The summed E-state index contributed by atoms with van der Waals surface area (Å²) in [6.45, 7) is 0.266. The molecule has 4 aliphatic carbocycles. The van der Waals surface area contributed by atoms with Crippen molar-refractivity contribution in [3.8, 4) is 33.9 Å². The first-order valence-electron chi connectivity index (χ1n) is 11.9. The van der Waals surface area contributed by atoms with Gasteiger partial charge in [0.15, 0.2) is 23.0 Å². The molecule has 4 fully saturated rings. The molecule has 1 aliphatic heterocycles. The number of carbonyl (C=O) groups is 1. The molecular weight excluding hydrogens is 416 g/mol. The van der Waals surface area contributed by atoms with Gasteiger partial charge >= 0.3 is 0 Å². The van der Waals surface area contributed by atoms with Crippen molar-refractivity contribution in [1.82, 2.24) is 10.5 Å². The summed E-state index contributed by atoms with van der Waals surface area (Å²) < 4.78 is 16.4. The third-order valence-corrected chi connectivity index (χ3v) is 8.04. The highest BCUT2D eigenvalue weighted by Crippen LogP contribution is 2.55. The molecule has 8 rings (SSSR count). The molecule has 5 aliphatic rings. The average Bonchev–Trinajstić information content (AvgIpc) is 3.47. The molecule has 0 unspecified atom stereocenters. The number of ether oxygens (including phenoxy) is 2. The number of carbonyl (C=O) groups excluding carboxylic acids is 1. The summed E-state index contributed by atoms with van der Waals surface area (Å²) in [6, 6.07) is 15.7. The summed E-state index contributed by atoms with van der Waals surface area (Å²) in [6.07, 6.45) is 7.42. The summed E-state index contributed by atoms with van der Waals surface area (Å²) in [5.41, 5.74) is 3.34. The maximum atomic E-state index is 13.1. The monoisotopic (exact) mass is 442 g/mol. The zero-order valence-corrected chi connectivity index (χ0v) is 18.4. The van der Waals surface area contributed by atoms with Crippen molar-refractivity contribution in [1.29, 1.82) is 0 Å². The molecule has 33 heavy (non-hydrogen) atoms. The smallest absolute Gasteiger partial charge is 0.273 e. The van der Waals surface area contributed by atoms with E-state index in [1.54, 1.807) is 6.07 Å². The maximum Gasteiger partial charge on any atom is 0.273 e. The van der Waals surface area contributed by atoms with Crippen LogP contribution in [-0.4, -0.2) is 23.4 Å². The van der Waals surface area contributed by atoms with Gasteiger partial charge in [-0.25, -0.2) is 0 Å². The molecule has 0 radical (unpaired) electrons. The number of amides is 1. The lowest BCUT2D eigenvalue weighted by molar-refractivity contribution is -0.0168. The van der Waals surface area contributed by atoms with Gasteiger partial charge in [0.2, 0.25) is 6.79 Å². The van der Waals surface area contributed by atoms with Crippen LogP contribution in [0.4, 0.5) is 0 Å². The van der Waals surface area contributed by atoms with Crippen LogP contribution in [-0.2, 0) is 0 Å². The van der Waals surface area contributed by atoms with Crippen LogP contribution in [0.5, 0.6) is 11.5 Å². The molecule has 4 bridgehead atoms. The van der Waals surface area contributed by atoms with Gasteiger partial charge in [-0.15, -0.1) is 0 Å². The van der Waals surface area contributed by atoms with Crippen molar-refractivity contribution in [2.45, 2.75) is 44.1 Å². The molecule has 2 aromatic carbocycles. The maximum absolute atomic E-state index is 13.1. The van der Waals surface area contributed by atoms with Crippen molar-refractivity contribution in [2.75, 3.05) is 6.79 Å². The van der Waals surface area contributed by atoms with E-state index in [0.29, 0.717) is 11.5 Å². The highest BCUT2D eigenvalue weighted by Gasteiger charge is 2.51. The van der Waals surface area contributed by atoms with Crippen LogP contribution in [0.25, 0.3) is 22.5 Å². The van der Waals surface area contributed by atoms with E-state index in [1.165, 1.54) is 19.3 Å². The first-order chi connectivity index (χ1) is 16.1. The van der Waals surface area contributed by atoms with Gasteiger partial charge in [-0.2, -0.15) is 0 Å². The number of hydrogen-bond donors (Lipinski definition) is 1. The Balaban J connectivity index is 1.08. The van der Waals surface area contributed by atoms with E-state index in [0.717, 1.165) is 65.2 Å².